The number of hydrogen-bond donors (Lipinski definition) is 2. The maximum Gasteiger partial charge on any atom is 0.408 e. The number of pyridine rings is 1. The molecular weight excluding hydrogens is 307 g/mol. The zero-order chi connectivity index (χ0) is 16.7. The van der Waals surface area contributed by atoms with E-state index in [1.807, 2.05) is 5.32 Å². The molecule has 122 valence electrons. The Kier molecular flexibility index (Phi) is 5.56. The highest BCUT2D eigenvalue weighted by molar-refractivity contribution is 5.74. The quantitative estimate of drug-likeness (QED) is 0.888. The van der Waals surface area contributed by atoms with E-state index in [0.717, 1.165) is 0 Å². The Labute approximate surface area is 131 Å². The first-order valence-corrected chi connectivity index (χ1v) is 6.99. The molecular formula is C16H16F3N3O. The highest BCUT2D eigenvalue weighted by Gasteiger charge is 2.40. The van der Waals surface area contributed by atoms with Crippen LogP contribution in [0.1, 0.15) is 11.1 Å². The molecule has 1 aromatic heterocycles. The molecule has 23 heavy (non-hydrogen) atoms. The van der Waals surface area contributed by atoms with Crippen LogP contribution in [0.2, 0.25) is 0 Å². The SMILES string of the molecule is O=C(NCc1cccnc1)N[C@H](Cc1ccccc1)C(F)(F)F. The van der Waals surface area contributed by atoms with Crippen LogP contribution in [-0.2, 0) is 13.0 Å². The molecule has 1 atom stereocenters. The van der Waals surface area contributed by atoms with Gasteiger partial charge in [-0.1, -0.05) is 36.4 Å². The third kappa shape index (κ3) is 5.61. The second kappa shape index (κ2) is 7.62. The van der Waals surface area contributed by atoms with Crippen molar-refractivity contribution in [3.63, 3.8) is 0 Å². The summed E-state index contributed by atoms with van der Waals surface area (Å²) in [5, 5.41) is 4.38. The van der Waals surface area contributed by atoms with Crippen LogP contribution in [0.4, 0.5) is 18.0 Å². The van der Waals surface area contributed by atoms with E-state index in [0.29, 0.717) is 11.1 Å². The van der Waals surface area contributed by atoms with Crippen molar-refractivity contribution in [3.05, 3.63) is 66.0 Å². The highest BCUT2D eigenvalue weighted by Crippen LogP contribution is 2.23. The van der Waals surface area contributed by atoms with Gasteiger partial charge in [0.2, 0.25) is 0 Å². The van der Waals surface area contributed by atoms with Crippen LogP contribution in [0.15, 0.2) is 54.9 Å². The highest BCUT2D eigenvalue weighted by atomic mass is 19.4. The molecule has 0 bridgehead atoms. The van der Waals surface area contributed by atoms with Crippen molar-refractivity contribution in [2.75, 3.05) is 0 Å². The smallest absolute Gasteiger partial charge is 0.334 e. The van der Waals surface area contributed by atoms with Crippen LogP contribution in [0.25, 0.3) is 0 Å². The van der Waals surface area contributed by atoms with Crippen LogP contribution in [-0.4, -0.2) is 23.2 Å². The molecule has 0 unspecified atom stereocenters. The first-order valence-electron chi connectivity index (χ1n) is 6.99. The van der Waals surface area contributed by atoms with Gasteiger partial charge in [-0.25, -0.2) is 4.79 Å². The van der Waals surface area contributed by atoms with E-state index in [9.17, 15) is 18.0 Å². The summed E-state index contributed by atoms with van der Waals surface area (Å²) in [7, 11) is 0. The average molecular weight is 323 g/mol. The fraction of sp³-hybridized carbons (Fsp3) is 0.250. The minimum absolute atomic E-state index is 0.107. The number of carbonyl (C=O) groups excluding carboxylic acids is 1. The predicted octanol–water partition coefficient (Wildman–Crippen LogP) is 3.05. The minimum atomic E-state index is -4.53. The van der Waals surface area contributed by atoms with E-state index in [-0.39, 0.29) is 13.0 Å². The van der Waals surface area contributed by atoms with Gasteiger partial charge in [-0.05, 0) is 17.2 Å². The molecule has 2 aromatic rings. The second-order valence-electron chi connectivity index (χ2n) is 4.97. The zero-order valence-corrected chi connectivity index (χ0v) is 12.2. The van der Waals surface area contributed by atoms with Gasteiger partial charge in [0.15, 0.2) is 0 Å². The number of rotatable bonds is 5. The summed E-state index contributed by atoms with van der Waals surface area (Å²) in [6, 6.07) is 8.81. The molecule has 1 heterocycles. The van der Waals surface area contributed by atoms with E-state index in [4.69, 9.17) is 0 Å². The summed E-state index contributed by atoms with van der Waals surface area (Å²) in [5.74, 6) is 0. The summed E-state index contributed by atoms with van der Waals surface area (Å²) in [6.07, 6.45) is -1.74. The van der Waals surface area contributed by atoms with Gasteiger partial charge in [0.1, 0.15) is 6.04 Å². The summed E-state index contributed by atoms with van der Waals surface area (Å²) in [5.41, 5.74) is 1.21. The molecule has 0 radical (unpaired) electrons. The Morgan fingerprint density at radius 1 is 1.09 bits per heavy atom. The standard InChI is InChI=1S/C16H16F3N3O/c17-16(18,19)14(9-12-5-2-1-3-6-12)22-15(23)21-11-13-7-4-8-20-10-13/h1-8,10,14H,9,11H2,(H2,21,22,23)/t14-/m1/s1. The number of carbonyl (C=O) groups is 1. The molecule has 0 aliphatic heterocycles. The zero-order valence-electron chi connectivity index (χ0n) is 12.2. The number of urea groups is 1. The third-order valence-electron chi connectivity index (χ3n) is 3.16. The third-order valence-corrected chi connectivity index (χ3v) is 3.16. The lowest BCUT2D eigenvalue weighted by molar-refractivity contribution is -0.152. The molecule has 0 saturated heterocycles. The van der Waals surface area contributed by atoms with Gasteiger partial charge in [0, 0.05) is 25.4 Å². The van der Waals surface area contributed by atoms with Gasteiger partial charge in [-0.2, -0.15) is 13.2 Å². The molecule has 0 fully saturated rings. The molecule has 0 saturated carbocycles. The van der Waals surface area contributed by atoms with E-state index in [1.54, 1.807) is 48.7 Å². The Hall–Kier alpha value is -2.57. The molecule has 0 aliphatic carbocycles. The van der Waals surface area contributed by atoms with Gasteiger partial charge in [0.05, 0.1) is 0 Å². The van der Waals surface area contributed by atoms with Crippen LogP contribution in [0, 0.1) is 0 Å². The van der Waals surface area contributed by atoms with Crippen LogP contribution in [0.3, 0.4) is 0 Å². The number of nitrogens with zero attached hydrogens (tertiary/aromatic N) is 1. The Morgan fingerprint density at radius 3 is 2.39 bits per heavy atom. The van der Waals surface area contributed by atoms with Crippen molar-refractivity contribution in [2.45, 2.75) is 25.2 Å². The van der Waals surface area contributed by atoms with Gasteiger partial charge in [-0.15, -0.1) is 0 Å². The van der Waals surface area contributed by atoms with E-state index in [2.05, 4.69) is 10.3 Å². The van der Waals surface area contributed by atoms with E-state index >= 15 is 0 Å². The largest absolute Gasteiger partial charge is 0.408 e. The van der Waals surface area contributed by atoms with Crippen LogP contribution >= 0.6 is 0 Å². The fourth-order valence-corrected chi connectivity index (χ4v) is 1.99. The first-order chi connectivity index (χ1) is 10.9. The van der Waals surface area contributed by atoms with Crippen molar-refractivity contribution < 1.29 is 18.0 Å². The number of benzene rings is 1. The van der Waals surface area contributed by atoms with Gasteiger partial charge in [-0.3, -0.25) is 4.98 Å². The molecule has 1 aromatic carbocycles. The van der Waals surface area contributed by atoms with Gasteiger partial charge in [0.25, 0.3) is 0 Å². The Balaban J connectivity index is 1.93. The minimum Gasteiger partial charge on any atom is -0.334 e. The number of halogens is 3. The van der Waals surface area contributed by atoms with E-state index < -0.39 is 18.2 Å². The lowest BCUT2D eigenvalue weighted by atomic mass is 10.1. The van der Waals surface area contributed by atoms with Crippen molar-refractivity contribution >= 4 is 6.03 Å². The topological polar surface area (TPSA) is 54.0 Å². The lowest BCUT2D eigenvalue weighted by Crippen LogP contribution is -2.50. The molecule has 0 aliphatic rings. The molecule has 0 spiro atoms. The van der Waals surface area contributed by atoms with Crippen molar-refractivity contribution in [1.82, 2.24) is 15.6 Å². The number of hydrogen-bond acceptors (Lipinski definition) is 2. The summed E-state index contributed by atoms with van der Waals surface area (Å²) in [6.45, 7) is 0.107. The molecule has 2 N–H and O–H groups in total. The van der Waals surface area contributed by atoms with Gasteiger partial charge >= 0.3 is 12.2 Å². The molecule has 2 amide bonds. The van der Waals surface area contributed by atoms with E-state index in [1.165, 1.54) is 6.20 Å². The predicted molar refractivity (Wildman–Crippen MR) is 79.6 cm³/mol. The maximum absolute atomic E-state index is 13.1. The lowest BCUT2D eigenvalue weighted by Gasteiger charge is -2.22. The van der Waals surface area contributed by atoms with Gasteiger partial charge < -0.3 is 10.6 Å². The summed E-state index contributed by atoms with van der Waals surface area (Å²) >= 11 is 0. The number of aromatic nitrogens is 1. The number of amides is 2. The molecule has 7 heteroatoms. The number of nitrogens with one attached hydrogen (secondary N) is 2. The molecule has 4 nitrogen and oxygen atoms in total. The van der Waals surface area contributed by atoms with Crippen molar-refractivity contribution in [3.8, 4) is 0 Å². The van der Waals surface area contributed by atoms with Crippen LogP contribution < -0.4 is 10.6 Å². The van der Waals surface area contributed by atoms with Crippen LogP contribution in [0.5, 0.6) is 0 Å². The number of alkyl halides is 3. The monoisotopic (exact) mass is 323 g/mol. The first kappa shape index (κ1) is 16.8. The second-order valence-corrected chi connectivity index (χ2v) is 4.97. The molecule has 2 rings (SSSR count). The normalized spacial score (nSPS) is 12.5. The van der Waals surface area contributed by atoms with Crippen molar-refractivity contribution in [2.24, 2.45) is 0 Å². The fourth-order valence-electron chi connectivity index (χ4n) is 1.99. The summed E-state index contributed by atoms with van der Waals surface area (Å²) in [4.78, 5) is 15.6. The Morgan fingerprint density at radius 2 is 1.78 bits per heavy atom. The summed E-state index contributed by atoms with van der Waals surface area (Å²) < 4.78 is 39.2. The Bertz CT molecular complexity index is 617. The maximum atomic E-state index is 13.1. The van der Waals surface area contributed by atoms with Crippen molar-refractivity contribution in [1.29, 1.82) is 0 Å². The average Bonchev–Trinajstić information content (AvgIpc) is 2.53.